The summed E-state index contributed by atoms with van der Waals surface area (Å²) in [6.07, 6.45) is 4.94. The molecule has 1 aliphatic heterocycles. The van der Waals surface area contributed by atoms with Crippen LogP contribution in [0.3, 0.4) is 0 Å². The zero-order chi connectivity index (χ0) is 9.42. The van der Waals surface area contributed by atoms with Crippen molar-refractivity contribution in [3.05, 3.63) is 11.6 Å². The van der Waals surface area contributed by atoms with E-state index in [2.05, 4.69) is 0 Å². The standard InChI is InChI=1S/C10H13NO2/c1-7-6-9(12)11(10(7)13)5-4-8-2-3-8/h6,8H,2-5H2,1H3. The van der Waals surface area contributed by atoms with E-state index < -0.39 is 0 Å². The molecular weight excluding hydrogens is 166 g/mol. The van der Waals surface area contributed by atoms with Gasteiger partial charge in [-0.3, -0.25) is 14.5 Å². The van der Waals surface area contributed by atoms with Crippen LogP contribution in [-0.2, 0) is 9.59 Å². The fraction of sp³-hybridized carbons (Fsp3) is 0.600. The Morgan fingerprint density at radius 2 is 2.15 bits per heavy atom. The predicted molar refractivity (Wildman–Crippen MR) is 47.8 cm³/mol. The van der Waals surface area contributed by atoms with Crippen molar-refractivity contribution < 1.29 is 9.59 Å². The first-order valence-electron chi connectivity index (χ1n) is 4.72. The molecule has 2 amide bonds. The van der Waals surface area contributed by atoms with Crippen molar-refractivity contribution in [2.24, 2.45) is 5.92 Å². The molecular formula is C10H13NO2. The molecule has 0 aromatic heterocycles. The van der Waals surface area contributed by atoms with Crippen LogP contribution in [0.1, 0.15) is 26.2 Å². The molecule has 1 heterocycles. The number of hydrogen-bond donors (Lipinski definition) is 0. The maximum Gasteiger partial charge on any atom is 0.256 e. The third-order valence-corrected chi connectivity index (χ3v) is 2.65. The molecule has 0 N–H and O–H groups in total. The van der Waals surface area contributed by atoms with E-state index in [9.17, 15) is 9.59 Å². The Morgan fingerprint density at radius 1 is 1.46 bits per heavy atom. The van der Waals surface area contributed by atoms with E-state index in [4.69, 9.17) is 0 Å². The third kappa shape index (κ3) is 1.64. The van der Waals surface area contributed by atoms with E-state index in [1.165, 1.54) is 23.8 Å². The number of imide groups is 1. The monoisotopic (exact) mass is 179 g/mol. The molecule has 70 valence electrons. The maximum atomic E-state index is 11.4. The first kappa shape index (κ1) is 8.48. The minimum atomic E-state index is -0.136. The fourth-order valence-corrected chi connectivity index (χ4v) is 1.57. The van der Waals surface area contributed by atoms with Crippen LogP contribution < -0.4 is 0 Å². The van der Waals surface area contributed by atoms with Gasteiger partial charge in [0.05, 0.1) is 0 Å². The summed E-state index contributed by atoms with van der Waals surface area (Å²) in [4.78, 5) is 24.0. The normalized spacial score (nSPS) is 22.5. The molecule has 2 rings (SSSR count). The van der Waals surface area contributed by atoms with Crippen molar-refractivity contribution in [3.63, 3.8) is 0 Å². The van der Waals surface area contributed by atoms with Gasteiger partial charge in [-0.25, -0.2) is 0 Å². The van der Waals surface area contributed by atoms with Crippen LogP contribution in [-0.4, -0.2) is 23.3 Å². The van der Waals surface area contributed by atoms with Gasteiger partial charge in [0.25, 0.3) is 11.8 Å². The number of rotatable bonds is 3. The summed E-state index contributed by atoms with van der Waals surface area (Å²) in [7, 11) is 0. The maximum absolute atomic E-state index is 11.4. The van der Waals surface area contributed by atoms with Gasteiger partial charge in [0.15, 0.2) is 0 Å². The molecule has 13 heavy (non-hydrogen) atoms. The molecule has 0 atom stereocenters. The molecule has 2 aliphatic rings. The molecule has 0 aromatic carbocycles. The Kier molecular flexibility index (Phi) is 1.94. The summed E-state index contributed by atoms with van der Waals surface area (Å²) in [6.45, 7) is 2.30. The molecule has 0 radical (unpaired) electrons. The van der Waals surface area contributed by atoms with Gasteiger partial charge in [-0.1, -0.05) is 12.8 Å². The van der Waals surface area contributed by atoms with Gasteiger partial charge in [0.1, 0.15) is 0 Å². The molecule has 3 heteroatoms. The number of nitrogens with zero attached hydrogens (tertiary/aromatic N) is 1. The van der Waals surface area contributed by atoms with Gasteiger partial charge >= 0.3 is 0 Å². The van der Waals surface area contributed by atoms with Crippen LogP contribution >= 0.6 is 0 Å². The van der Waals surface area contributed by atoms with Gasteiger partial charge in [-0.05, 0) is 19.3 Å². The van der Waals surface area contributed by atoms with Crippen LogP contribution in [0.25, 0.3) is 0 Å². The quantitative estimate of drug-likeness (QED) is 0.608. The van der Waals surface area contributed by atoms with Crippen LogP contribution in [0, 0.1) is 5.92 Å². The summed E-state index contributed by atoms with van der Waals surface area (Å²) in [5.41, 5.74) is 0.570. The van der Waals surface area contributed by atoms with Crippen molar-refractivity contribution in [3.8, 4) is 0 Å². The van der Waals surface area contributed by atoms with Crippen LogP contribution in [0.4, 0.5) is 0 Å². The van der Waals surface area contributed by atoms with E-state index in [0.717, 1.165) is 12.3 Å². The van der Waals surface area contributed by atoms with Crippen LogP contribution in [0.2, 0.25) is 0 Å². The second kappa shape index (κ2) is 2.98. The molecule has 1 fully saturated rings. The number of carbonyl (C=O) groups is 2. The van der Waals surface area contributed by atoms with E-state index in [1.807, 2.05) is 0 Å². The van der Waals surface area contributed by atoms with Gasteiger partial charge < -0.3 is 0 Å². The van der Waals surface area contributed by atoms with Gasteiger partial charge in [0.2, 0.25) is 0 Å². The first-order chi connectivity index (χ1) is 6.18. The molecule has 0 unspecified atom stereocenters. The third-order valence-electron chi connectivity index (χ3n) is 2.65. The van der Waals surface area contributed by atoms with Crippen molar-refractivity contribution in [2.75, 3.05) is 6.54 Å². The highest BCUT2D eigenvalue weighted by molar-refractivity contribution is 6.15. The smallest absolute Gasteiger partial charge is 0.256 e. The van der Waals surface area contributed by atoms with Crippen molar-refractivity contribution in [1.82, 2.24) is 4.90 Å². The van der Waals surface area contributed by atoms with E-state index in [-0.39, 0.29) is 11.8 Å². The number of amides is 2. The topological polar surface area (TPSA) is 37.4 Å². The Balaban J connectivity index is 1.92. The van der Waals surface area contributed by atoms with E-state index >= 15 is 0 Å². The highest BCUT2D eigenvalue weighted by Gasteiger charge is 2.30. The molecule has 0 spiro atoms. The van der Waals surface area contributed by atoms with Crippen molar-refractivity contribution >= 4 is 11.8 Å². The Morgan fingerprint density at radius 3 is 2.62 bits per heavy atom. The second-order valence-electron chi connectivity index (χ2n) is 3.85. The highest BCUT2D eigenvalue weighted by Crippen LogP contribution is 2.32. The number of hydrogen-bond acceptors (Lipinski definition) is 2. The molecule has 0 bridgehead atoms. The van der Waals surface area contributed by atoms with Gasteiger partial charge in [-0.15, -0.1) is 0 Å². The highest BCUT2D eigenvalue weighted by atomic mass is 16.2. The summed E-state index contributed by atoms with van der Waals surface area (Å²) in [6, 6.07) is 0. The first-order valence-corrected chi connectivity index (χ1v) is 4.72. The lowest BCUT2D eigenvalue weighted by Gasteiger charge is -2.13. The van der Waals surface area contributed by atoms with E-state index in [1.54, 1.807) is 6.92 Å². The fourth-order valence-electron chi connectivity index (χ4n) is 1.57. The minimum Gasteiger partial charge on any atom is -0.275 e. The summed E-state index contributed by atoms with van der Waals surface area (Å²) in [5, 5.41) is 0. The Hall–Kier alpha value is -1.12. The minimum absolute atomic E-state index is 0.106. The summed E-state index contributed by atoms with van der Waals surface area (Å²) < 4.78 is 0. The van der Waals surface area contributed by atoms with E-state index in [0.29, 0.717) is 12.1 Å². The summed E-state index contributed by atoms with van der Waals surface area (Å²) >= 11 is 0. The zero-order valence-corrected chi connectivity index (χ0v) is 7.75. The Labute approximate surface area is 77.4 Å². The van der Waals surface area contributed by atoms with Crippen LogP contribution in [0.15, 0.2) is 11.6 Å². The molecule has 1 saturated carbocycles. The molecule has 0 saturated heterocycles. The molecule has 3 nitrogen and oxygen atoms in total. The lowest BCUT2D eigenvalue weighted by Crippen LogP contribution is -2.31. The lowest BCUT2D eigenvalue weighted by atomic mass is 10.2. The SMILES string of the molecule is CC1=CC(=O)N(CCC2CC2)C1=O. The van der Waals surface area contributed by atoms with Gasteiger partial charge in [0, 0.05) is 18.2 Å². The zero-order valence-electron chi connectivity index (χ0n) is 7.75. The molecule has 1 aliphatic carbocycles. The predicted octanol–water partition coefficient (Wildman–Crippen LogP) is 1.10. The van der Waals surface area contributed by atoms with Crippen molar-refractivity contribution in [1.29, 1.82) is 0 Å². The molecule has 0 aromatic rings. The summed E-state index contributed by atoms with van der Waals surface area (Å²) in [5.74, 6) is 0.523. The Bertz CT molecular complexity index is 289. The van der Waals surface area contributed by atoms with Crippen LogP contribution in [0.5, 0.6) is 0 Å². The second-order valence-corrected chi connectivity index (χ2v) is 3.85. The largest absolute Gasteiger partial charge is 0.275 e. The average Bonchev–Trinajstić information content (AvgIpc) is 2.84. The van der Waals surface area contributed by atoms with Crippen molar-refractivity contribution in [2.45, 2.75) is 26.2 Å². The lowest BCUT2D eigenvalue weighted by molar-refractivity contribution is -0.137. The average molecular weight is 179 g/mol. The van der Waals surface area contributed by atoms with Gasteiger partial charge in [-0.2, -0.15) is 0 Å². The number of carbonyl (C=O) groups excluding carboxylic acids is 2.